The Kier molecular flexibility index (Phi) is 9.33. The van der Waals surface area contributed by atoms with Gasteiger partial charge in [0, 0.05) is 29.9 Å². The van der Waals surface area contributed by atoms with Gasteiger partial charge < -0.3 is 18.8 Å². The zero-order valence-electron chi connectivity index (χ0n) is 24.3. The van der Waals surface area contributed by atoms with Gasteiger partial charge in [0.1, 0.15) is 11.5 Å². The number of hydrogen-bond acceptors (Lipinski definition) is 6. The van der Waals surface area contributed by atoms with Crippen molar-refractivity contribution in [1.82, 2.24) is 4.98 Å². The van der Waals surface area contributed by atoms with Crippen molar-refractivity contribution in [2.45, 2.75) is 33.0 Å². The van der Waals surface area contributed by atoms with Gasteiger partial charge in [-0.25, -0.2) is 9.78 Å². The van der Waals surface area contributed by atoms with Gasteiger partial charge in [-0.1, -0.05) is 42.5 Å². The zero-order chi connectivity index (χ0) is 31.1. The van der Waals surface area contributed by atoms with E-state index in [1.807, 2.05) is 37.3 Å². The summed E-state index contributed by atoms with van der Waals surface area (Å²) in [5.41, 5.74) is 2.84. The van der Waals surface area contributed by atoms with Crippen LogP contribution in [0.1, 0.15) is 39.9 Å². The van der Waals surface area contributed by atoms with E-state index in [9.17, 15) is 18.0 Å². The minimum Gasteiger partial charge on any atom is -0.493 e. The van der Waals surface area contributed by atoms with E-state index in [2.05, 4.69) is 4.98 Å². The minimum atomic E-state index is -4.51. The summed E-state index contributed by atoms with van der Waals surface area (Å²) in [5.74, 6) is 1.38. The Morgan fingerprint density at radius 2 is 1.61 bits per heavy atom. The molecule has 6 nitrogen and oxygen atoms in total. The van der Waals surface area contributed by atoms with Crippen LogP contribution in [0.2, 0.25) is 0 Å². The molecule has 0 amide bonds. The number of carbonyl (C=O) groups excluding carboxylic acids is 1. The molecule has 9 heteroatoms. The molecule has 0 bridgehead atoms. The third kappa shape index (κ3) is 7.29. The maximum Gasteiger partial charge on any atom is 0.416 e. The SMILES string of the molecule is CCOC(=O)c1ccccc1CN(c1ccc(OCCc2nc(-c3ccccc3)oc2C)cc1)c1cccc(C(F)(F)F)c1. The monoisotopic (exact) mass is 600 g/mol. The zero-order valence-corrected chi connectivity index (χ0v) is 24.3. The second kappa shape index (κ2) is 13.5. The number of esters is 1. The van der Waals surface area contributed by atoms with Gasteiger partial charge in [0.05, 0.1) is 30.0 Å². The highest BCUT2D eigenvalue weighted by Gasteiger charge is 2.31. The summed E-state index contributed by atoms with van der Waals surface area (Å²) in [6.07, 6.45) is -3.98. The number of aromatic nitrogens is 1. The molecule has 0 radical (unpaired) electrons. The number of benzene rings is 4. The van der Waals surface area contributed by atoms with Crippen LogP contribution in [-0.2, 0) is 23.9 Å². The Hall–Kier alpha value is -5.05. The van der Waals surface area contributed by atoms with Gasteiger partial charge in [-0.3, -0.25) is 0 Å². The normalized spacial score (nSPS) is 11.3. The fourth-order valence-corrected chi connectivity index (χ4v) is 4.77. The quantitative estimate of drug-likeness (QED) is 0.141. The molecule has 0 atom stereocenters. The third-order valence-corrected chi connectivity index (χ3v) is 7.00. The van der Waals surface area contributed by atoms with Gasteiger partial charge in [0.15, 0.2) is 0 Å². The molecule has 5 aromatic rings. The van der Waals surface area contributed by atoms with E-state index in [1.165, 1.54) is 6.07 Å². The van der Waals surface area contributed by atoms with Crippen molar-refractivity contribution >= 4 is 17.3 Å². The lowest BCUT2D eigenvalue weighted by atomic mass is 10.1. The van der Waals surface area contributed by atoms with Gasteiger partial charge in [0.2, 0.25) is 5.89 Å². The molecular weight excluding hydrogens is 569 g/mol. The highest BCUT2D eigenvalue weighted by atomic mass is 19.4. The molecule has 0 saturated carbocycles. The predicted molar refractivity (Wildman–Crippen MR) is 162 cm³/mol. The van der Waals surface area contributed by atoms with E-state index in [4.69, 9.17) is 13.9 Å². The predicted octanol–water partition coefficient (Wildman–Crippen LogP) is 8.81. The number of oxazole rings is 1. The molecule has 0 aliphatic rings. The largest absolute Gasteiger partial charge is 0.493 e. The Balaban J connectivity index is 1.35. The minimum absolute atomic E-state index is 0.131. The molecule has 0 aliphatic heterocycles. The van der Waals surface area contributed by atoms with Crippen molar-refractivity contribution < 1.29 is 31.9 Å². The number of aryl methyl sites for hydroxylation is 1. The van der Waals surface area contributed by atoms with Crippen molar-refractivity contribution in [2.75, 3.05) is 18.1 Å². The smallest absolute Gasteiger partial charge is 0.416 e. The number of nitrogens with zero attached hydrogens (tertiary/aromatic N) is 2. The Morgan fingerprint density at radius 1 is 0.886 bits per heavy atom. The van der Waals surface area contributed by atoms with Crippen molar-refractivity contribution in [3.05, 3.63) is 131 Å². The molecule has 0 fully saturated rings. The standard InChI is InChI=1S/C35H31F3N2O4/c1-3-42-34(41)31-15-8-7-12-26(31)23-40(29-14-9-13-27(22-29)35(36,37)38)28-16-18-30(19-17-28)43-21-20-32-24(2)44-33(39-32)25-10-5-4-6-11-25/h4-19,22H,3,20-21,23H2,1-2H3. The Bertz CT molecular complexity index is 1700. The highest BCUT2D eigenvalue weighted by Crippen LogP contribution is 2.35. The number of carbonyl (C=O) groups is 1. The average molecular weight is 601 g/mol. The van der Waals surface area contributed by atoms with Gasteiger partial charge in [0.25, 0.3) is 0 Å². The highest BCUT2D eigenvalue weighted by molar-refractivity contribution is 5.91. The van der Waals surface area contributed by atoms with Gasteiger partial charge in [-0.15, -0.1) is 0 Å². The average Bonchev–Trinajstić information content (AvgIpc) is 3.40. The van der Waals surface area contributed by atoms with Crippen LogP contribution in [0, 0.1) is 6.92 Å². The fourth-order valence-electron chi connectivity index (χ4n) is 4.77. The van der Waals surface area contributed by atoms with Gasteiger partial charge in [-0.05, 0) is 80.1 Å². The van der Waals surface area contributed by atoms with Crippen molar-refractivity contribution in [3.8, 4) is 17.2 Å². The maximum absolute atomic E-state index is 13.6. The number of halogens is 3. The topological polar surface area (TPSA) is 64.8 Å². The van der Waals surface area contributed by atoms with Crippen LogP contribution >= 0.6 is 0 Å². The van der Waals surface area contributed by atoms with Crippen LogP contribution in [0.15, 0.2) is 108 Å². The molecule has 44 heavy (non-hydrogen) atoms. The first kappa shape index (κ1) is 30.4. The van der Waals surface area contributed by atoms with Gasteiger partial charge in [-0.2, -0.15) is 13.2 Å². The molecule has 0 aliphatic carbocycles. The van der Waals surface area contributed by atoms with E-state index in [1.54, 1.807) is 66.4 Å². The van der Waals surface area contributed by atoms with Crippen LogP contribution < -0.4 is 9.64 Å². The third-order valence-electron chi connectivity index (χ3n) is 7.00. The van der Waals surface area contributed by atoms with Crippen molar-refractivity contribution in [3.63, 3.8) is 0 Å². The molecule has 0 N–H and O–H groups in total. The maximum atomic E-state index is 13.6. The molecule has 5 rings (SSSR count). The summed E-state index contributed by atoms with van der Waals surface area (Å²) < 4.78 is 57.9. The number of alkyl halides is 3. The van der Waals surface area contributed by atoms with Crippen LogP contribution in [0.25, 0.3) is 11.5 Å². The molecular formula is C35H31F3N2O4. The van der Waals surface area contributed by atoms with Gasteiger partial charge >= 0.3 is 12.1 Å². The lowest BCUT2D eigenvalue weighted by molar-refractivity contribution is -0.137. The summed E-state index contributed by atoms with van der Waals surface area (Å²) in [5, 5.41) is 0. The Labute approximate surface area is 253 Å². The summed E-state index contributed by atoms with van der Waals surface area (Å²) in [4.78, 5) is 19.0. The number of ether oxygens (including phenoxy) is 2. The molecule has 0 unspecified atom stereocenters. The number of rotatable bonds is 11. The van der Waals surface area contributed by atoms with Crippen molar-refractivity contribution in [2.24, 2.45) is 0 Å². The van der Waals surface area contributed by atoms with Crippen molar-refractivity contribution in [1.29, 1.82) is 0 Å². The van der Waals surface area contributed by atoms with E-state index < -0.39 is 17.7 Å². The summed E-state index contributed by atoms with van der Waals surface area (Å²) >= 11 is 0. The number of hydrogen-bond donors (Lipinski definition) is 0. The first-order valence-corrected chi connectivity index (χ1v) is 14.2. The molecule has 1 heterocycles. The molecule has 0 saturated heterocycles. The molecule has 226 valence electrons. The second-order valence-corrected chi connectivity index (χ2v) is 9.99. The number of anilines is 2. The molecule has 1 aromatic heterocycles. The fraction of sp³-hybridized carbons (Fsp3) is 0.200. The van der Waals surface area contributed by atoms with Crippen LogP contribution in [-0.4, -0.2) is 24.2 Å². The van der Waals surface area contributed by atoms with Crippen LogP contribution in [0.3, 0.4) is 0 Å². The Morgan fingerprint density at radius 3 is 2.34 bits per heavy atom. The molecule has 4 aromatic carbocycles. The van der Waals surface area contributed by atoms with E-state index >= 15 is 0 Å². The lowest BCUT2D eigenvalue weighted by Gasteiger charge is -2.27. The van der Waals surface area contributed by atoms with E-state index in [0.29, 0.717) is 47.2 Å². The summed E-state index contributed by atoms with van der Waals surface area (Å²) in [6, 6.07) is 28.7. The first-order chi connectivity index (χ1) is 21.2. The summed E-state index contributed by atoms with van der Waals surface area (Å²) in [6.45, 7) is 4.27. The van der Waals surface area contributed by atoms with E-state index in [0.717, 1.165) is 29.2 Å². The lowest BCUT2D eigenvalue weighted by Crippen LogP contribution is -2.20. The van der Waals surface area contributed by atoms with Crippen LogP contribution in [0.4, 0.5) is 24.5 Å². The summed E-state index contributed by atoms with van der Waals surface area (Å²) in [7, 11) is 0. The first-order valence-electron chi connectivity index (χ1n) is 14.2. The van der Waals surface area contributed by atoms with E-state index in [-0.39, 0.29) is 13.2 Å². The molecule has 0 spiro atoms. The van der Waals surface area contributed by atoms with Crippen LogP contribution in [0.5, 0.6) is 5.75 Å². The second-order valence-electron chi connectivity index (χ2n) is 9.99.